The molecule has 21 heavy (non-hydrogen) atoms. The van der Waals surface area contributed by atoms with E-state index in [-0.39, 0.29) is 17.9 Å². The minimum Gasteiger partial charge on any atom is -0.481 e. The zero-order valence-corrected chi connectivity index (χ0v) is 13.7. The Balaban J connectivity index is 1.90. The second-order valence-corrected chi connectivity index (χ2v) is 7.79. The molecule has 5 nitrogen and oxygen atoms in total. The Kier molecular flexibility index (Phi) is 5.54. The third-order valence-corrected chi connectivity index (χ3v) is 5.90. The van der Waals surface area contributed by atoms with Crippen LogP contribution in [0.2, 0.25) is 0 Å². The van der Waals surface area contributed by atoms with Crippen LogP contribution in [-0.2, 0) is 9.59 Å². The normalized spacial score (nSPS) is 27.4. The molecular weight excluding hydrogens is 288 g/mol. The summed E-state index contributed by atoms with van der Waals surface area (Å²) in [5.74, 6) is 1.54. The van der Waals surface area contributed by atoms with E-state index in [0.29, 0.717) is 13.0 Å². The molecule has 0 aliphatic carbocycles. The minimum absolute atomic E-state index is 0.0430. The van der Waals surface area contributed by atoms with Crippen molar-refractivity contribution < 1.29 is 14.7 Å². The highest BCUT2D eigenvalue weighted by molar-refractivity contribution is 7.99. The van der Waals surface area contributed by atoms with Crippen molar-refractivity contribution in [2.24, 2.45) is 11.3 Å². The van der Waals surface area contributed by atoms with Crippen LogP contribution in [0.1, 0.15) is 33.1 Å². The molecule has 2 atom stereocenters. The van der Waals surface area contributed by atoms with Crippen LogP contribution in [0, 0.1) is 11.3 Å². The van der Waals surface area contributed by atoms with Gasteiger partial charge < -0.3 is 15.3 Å². The maximum Gasteiger partial charge on any atom is 0.309 e. The van der Waals surface area contributed by atoms with Crippen LogP contribution in [-0.4, -0.2) is 59.1 Å². The van der Waals surface area contributed by atoms with Crippen LogP contribution in [0.3, 0.4) is 0 Å². The van der Waals surface area contributed by atoms with Crippen molar-refractivity contribution in [2.45, 2.75) is 39.2 Å². The highest BCUT2D eigenvalue weighted by atomic mass is 32.2. The fourth-order valence-electron chi connectivity index (χ4n) is 3.06. The quantitative estimate of drug-likeness (QED) is 0.821. The molecule has 0 aromatic rings. The van der Waals surface area contributed by atoms with Gasteiger partial charge in [0, 0.05) is 43.6 Å². The largest absolute Gasteiger partial charge is 0.481 e. The first kappa shape index (κ1) is 16.6. The van der Waals surface area contributed by atoms with E-state index >= 15 is 0 Å². The van der Waals surface area contributed by atoms with Crippen molar-refractivity contribution in [3.63, 3.8) is 0 Å². The SMILES string of the molecule is CC(C)(C(=O)O)C1CCCN(C(=O)CC2CSCCN2)C1. The van der Waals surface area contributed by atoms with Gasteiger partial charge in [-0.05, 0) is 32.6 Å². The molecule has 2 rings (SSSR count). The number of thioether (sulfide) groups is 1. The Labute approximate surface area is 130 Å². The zero-order chi connectivity index (χ0) is 15.5. The van der Waals surface area contributed by atoms with Gasteiger partial charge >= 0.3 is 5.97 Å². The fourth-order valence-corrected chi connectivity index (χ4v) is 4.01. The van der Waals surface area contributed by atoms with E-state index in [4.69, 9.17) is 0 Å². The third-order valence-electron chi connectivity index (χ3n) is 4.77. The fraction of sp³-hybridized carbons (Fsp3) is 0.867. The van der Waals surface area contributed by atoms with Gasteiger partial charge in [0.1, 0.15) is 0 Å². The zero-order valence-electron chi connectivity index (χ0n) is 12.9. The summed E-state index contributed by atoms with van der Waals surface area (Å²) in [5.41, 5.74) is -0.766. The number of carboxylic acids is 1. The lowest BCUT2D eigenvalue weighted by Gasteiger charge is -2.39. The average Bonchev–Trinajstić information content (AvgIpc) is 2.48. The van der Waals surface area contributed by atoms with Crippen LogP contribution < -0.4 is 5.32 Å². The van der Waals surface area contributed by atoms with E-state index in [9.17, 15) is 14.7 Å². The van der Waals surface area contributed by atoms with E-state index < -0.39 is 11.4 Å². The van der Waals surface area contributed by atoms with Gasteiger partial charge in [0.15, 0.2) is 0 Å². The molecule has 2 aliphatic heterocycles. The first-order valence-corrected chi connectivity index (χ1v) is 8.89. The molecule has 0 bridgehead atoms. The van der Waals surface area contributed by atoms with Crippen LogP contribution in [0.5, 0.6) is 0 Å². The van der Waals surface area contributed by atoms with Crippen LogP contribution in [0.25, 0.3) is 0 Å². The number of hydrogen-bond donors (Lipinski definition) is 2. The Morgan fingerprint density at radius 2 is 2.19 bits per heavy atom. The molecule has 2 fully saturated rings. The molecule has 0 aromatic carbocycles. The highest BCUT2D eigenvalue weighted by Gasteiger charge is 2.40. The van der Waals surface area contributed by atoms with Gasteiger partial charge in [0.2, 0.25) is 5.91 Å². The van der Waals surface area contributed by atoms with Crippen LogP contribution >= 0.6 is 11.8 Å². The summed E-state index contributed by atoms with van der Waals surface area (Å²) >= 11 is 1.89. The number of nitrogens with zero attached hydrogens (tertiary/aromatic N) is 1. The molecule has 2 heterocycles. The van der Waals surface area contributed by atoms with Gasteiger partial charge in [-0.1, -0.05) is 0 Å². The average molecular weight is 314 g/mol. The summed E-state index contributed by atoms with van der Waals surface area (Å²) in [6.07, 6.45) is 2.33. The lowest BCUT2D eigenvalue weighted by Crippen LogP contribution is -2.49. The number of amides is 1. The van der Waals surface area contributed by atoms with E-state index in [0.717, 1.165) is 37.4 Å². The molecule has 2 N–H and O–H groups in total. The van der Waals surface area contributed by atoms with Gasteiger partial charge in [0.05, 0.1) is 5.41 Å². The van der Waals surface area contributed by atoms with Gasteiger partial charge in [-0.25, -0.2) is 0 Å². The van der Waals surface area contributed by atoms with Gasteiger partial charge in [-0.2, -0.15) is 11.8 Å². The molecule has 1 amide bonds. The van der Waals surface area contributed by atoms with Crippen molar-refractivity contribution >= 4 is 23.6 Å². The topological polar surface area (TPSA) is 69.6 Å². The summed E-state index contributed by atoms with van der Waals surface area (Å²) in [7, 11) is 0. The first-order valence-electron chi connectivity index (χ1n) is 7.73. The van der Waals surface area contributed by atoms with E-state index in [1.807, 2.05) is 16.7 Å². The molecule has 0 saturated carbocycles. The number of aliphatic carboxylic acids is 1. The summed E-state index contributed by atoms with van der Waals surface area (Å²) in [4.78, 5) is 25.7. The van der Waals surface area contributed by atoms with E-state index in [2.05, 4.69) is 5.32 Å². The van der Waals surface area contributed by atoms with Gasteiger partial charge in [0.25, 0.3) is 0 Å². The lowest BCUT2D eigenvalue weighted by atomic mass is 9.74. The van der Waals surface area contributed by atoms with Crippen molar-refractivity contribution in [3.8, 4) is 0 Å². The Morgan fingerprint density at radius 1 is 1.43 bits per heavy atom. The number of carboxylic acid groups (broad SMARTS) is 1. The van der Waals surface area contributed by atoms with Crippen LogP contribution in [0.15, 0.2) is 0 Å². The summed E-state index contributed by atoms with van der Waals surface area (Å²) < 4.78 is 0. The molecular formula is C15H26N2O3S. The maximum atomic E-state index is 12.4. The number of rotatable bonds is 4. The lowest BCUT2D eigenvalue weighted by molar-refractivity contribution is -0.153. The van der Waals surface area contributed by atoms with E-state index in [1.54, 1.807) is 13.8 Å². The van der Waals surface area contributed by atoms with Crippen molar-refractivity contribution in [2.75, 3.05) is 31.1 Å². The van der Waals surface area contributed by atoms with Crippen molar-refractivity contribution in [1.29, 1.82) is 0 Å². The molecule has 0 aromatic heterocycles. The van der Waals surface area contributed by atoms with Crippen LogP contribution in [0.4, 0.5) is 0 Å². The smallest absolute Gasteiger partial charge is 0.309 e. The summed E-state index contributed by atoms with van der Waals surface area (Å²) in [6, 6.07) is 0.268. The Hall–Kier alpha value is -0.750. The number of piperidine rings is 1. The summed E-state index contributed by atoms with van der Waals surface area (Å²) in [5, 5.41) is 12.7. The number of carbonyl (C=O) groups excluding carboxylic acids is 1. The maximum absolute atomic E-state index is 12.4. The second kappa shape index (κ2) is 7.01. The Bertz CT molecular complexity index is 394. The van der Waals surface area contributed by atoms with E-state index in [1.165, 1.54) is 0 Å². The second-order valence-electron chi connectivity index (χ2n) is 6.64. The van der Waals surface area contributed by atoms with Gasteiger partial charge in [-0.15, -0.1) is 0 Å². The molecule has 120 valence electrons. The Morgan fingerprint density at radius 3 is 2.81 bits per heavy atom. The number of nitrogens with one attached hydrogen (secondary N) is 1. The highest BCUT2D eigenvalue weighted by Crippen LogP contribution is 2.34. The predicted molar refractivity (Wildman–Crippen MR) is 84.5 cm³/mol. The number of likely N-dealkylation sites (tertiary alicyclic amines) is 1. The standard InChI is InChI=1S/C15H26N2O3S/c1-15(2,14(19)20)11-4-3-6-17(9-11)13(18)8-12-10-21-7-5-16-12/h11-12,16H,3-10H2,1-2H3,(H,19,20). The van der Waals surface area contributed by atoms with Gasteiger partial charge in [-0.3, -0.25) is 9.59 Å². The van der Waals surface area contributed by atoms with Crippen molar-refractivity contribution in [1.82, 2.24) is 10.2 Å². The molecule has 2 saturated heterocycles. The van der Waals surface area contributed by atoms with Crippen molar-refractivity contribution in [3.05, 3.63) is 0 Å². The monoisotopic (exact) mass is 314 g/mol. The molecule has 2 unspecified atom stereocenters. The number of hydrogen-bond acceptors (Lipinski definition) is 4. The molecule has 2 aliphatic rings. The number of carbonyl (C=O) groups is 2. The predicted octanol–water partition coefficient (Wildman–Crippen LogP) is 1.43. The third kappa shape index (κ3) is 4.13. The summed E-state index contributed by atoms with van der Waals surface area (Å²) in [6.45, 7) is 5.86. The molecule has 6 heteroatoms. The first-order chi connectivity index (χ1) is 9.91. The molecule has 0 radical (unpaired) electrons. The minimum atomic E-state index is -0.771. The molecule has 0 spiro atoms.